The van der Waals surface area contributed by atoms with Crippen LogP contribution in [0.3, 0.4) is 0 Å². The molecule has 2 aliphatic heterocycles. The molecule has 12 heteroatoms. The summed E-state index contributed by atoms with van der Waals surface area (Å²) in [6.45, 7) is -2.65. The second-order valence-corrected chi connectivity index (χ2v) is 7.60. The summed E-state index contributed by atoms with van der Waals surface area (Å²) in [5.74, 6) is -1.96. The van der Waals surface area contributed by atoms with Crippen LogP contribution < -0.4 is 20.2 Å². The van der Waals surface area contributed by atoms with Crippen LogP contribution in [0.25, 0.3) is 0 Å². The van der Waals surface area contributed by atoms with E-state index >= 15 is 0 Å². The fourth-order valence-electron chi connectivity index (χ4n) is 3.65. The molecule has 11 nitrogen and oxygen atoms in total. The van der Waals surface area contributed by atoms with Gasteiger partial charge in [-0.3, -0.25) is 4.79 Å². The number of H-pyrrole nitrogens is 1. The molecule has 2 aliphatic rings. The predicted molar refractivity (Wildman–Crippen MR) is 108 cm³/mol. The van der Waals surface area contributed by atoms with Crippen LogP contribution in [0.15, 0.2) is 24.7 Å². The van der Waals surface area contributed by atoms with Gasteiger partial charge in [0.25, 0.3) is 0 Å². The number of hydrogen-bond donors (Lipinski definition) is 4. The van der Waals surface area contributed by atoms with Crippen molar-refractivity contribution in [2.75, 3.05) is 13.1 Å². The lowest BCUT2D eigenvalue weighted by molar-refractivity contribution is -0.255. The number of amides is 1. The molecule has 31 heavy (non-hydrogen) atoms. The molecular weight excluding hydrogens is 407 g/mol. The van der Waals surface area contributed by atoms with Crippen LogP contribution in [0.2, 0.25) is 6.32 Å². The molecule has 0 aliphatic carbocycles. The van der Waals surface area contributed by atoms with E-state index in [1.54, 1.807) is 12.3 Å². The highest BCUT2D eigenvalue weighted by Crippen LogP contribution is 2.38. The van der Waals surface area contributed by atoms with E-state index in [-0.39, 0.29) is 56.2 Å². The average molecular weight is 432 g/mol. The van der Waals surface area contributed by atoms with Gasteiger partial charge in [-0.2, -0.15) is 0 Å². The number of nitrogens with zero attached hydrogens (tertiary/aromatic N) is 2. The van der Waals surface area contributed by atoms with Gasteiger partial charge < -0.3 is 45.0 Å². The first-order chi connectivity index (χ1) is 14.2. The number of fused-ring (bicyclic) bond motifs is 1. The standard InChI is InChI=1S/C18H22BN4O7.CH4/c20-13(5-11-6-21-9-22-11)17(24)23-7-12(8-23)29-14-2-1-10-3-4-19(27,28)30-16(10)15(14)18(25)26;/h1-2,6,9,12-13,27-28H,3-5,7-8,20H2,(H,21,22)(H,25,26);1H4/q-1;/p-1/t13-;/m1./s1. The molecule has 1 aromatic heterocycles. The molecule has 1 aromatic carbocycles. The summed E-state index contributed by atoms with van der Waals surface area (Å²) < 4.78 is 10.8. The first-order valence-electron chi connectivity index (χ1n) is 9.58. The number of benzene rings is 1. The average Bonchev–Trinajstić information content (AvgIpc) is 3.15. The first kappa shape index (κ1) is 22.6. The zero-order chi connectivity index (χ0) is 21.5. The number of nitrogens with one attached hydrogen (secondary N) is 1. The first-order valence-corrected chi connectivity index (χ1v) is 9.58. The molecule has 0 radical (unpaired) electrons. The summed E-state index contributed by atoms with van der Waals surface area (Å²) in [6, 6.07) is 2.37. The van der Waals surface area contributed by atoms with E-state index in [1.165, 1.54) is 17.3 Å². The number of likely N-dealkylation sites (tertiary alicyclic amines) is 1. The number of rotatable bonds is 6. The number of aromatic nitrogens is 2. The quantitative estimate of drug-likeness (QED) is 0.393. The number of aromatic carboxylic acids is 1. The number of carboxylic acid groups (broad SMARTS) is 1. The number of carbonyl (C=O) groups is 2. The lowest BCUT2D eigenvalue weighted by Gasteiger charge is -2.41. The Bertz CT molecular complexity index is 960. The highest BCUT2D eigenvalue weighted by atomic mass is 16.6. The Morgan fingerprint density at radius 3 is 2.81 bits per heavy atom. The van der Waals surface area contributed by atoms with Crippen LogP contribution in [-0.2, 0) is 17.6 Å². The van der Waals surface area contributed by atoms with Crippen molar-refractivity contribution in [2.24, 2.45) is 5.73 Å². The van der Waals surface area contributed by atoms with Crippen LogP contribution >= 0.6 is 0 Å². The molecule has 1 amide bonds. The monoisotopic (exact) mass is 432 g/mol. The van der Waals surface area contributed by atoms with Crippen LogP contribution in [0, 0.1) is 0 Å². The number of imidazole rings is 1. The van der Waals surface area contributed by atoms with Crippen molar-refractivity contribution < 1.29 is 34.1 Å². The Morgan fingerprint density at radius 1 is 1.42 bits per heavy atom. The lowest BCUT2D eigenvalue weighted by atomic mass is 9.70. The van der Waals surface area contributed by atoms with Gasteiger partial charge in [-0.25, -0.2) is 4.98 Å². The Morgan fingerprint density at radius 2 is 2.16 bits per heavy atom. The molecule has 3 heterocycles. The van der Waals surface area contributed by atoms with E-state index in [4.69, 9.17) is 15.1 Å². The van der Waals surface area contributed by atoms with Crippen LogP contribution in [-0.4, -0.2) is 68.8 Å². The third-order valence-electron chi connectivity index (χ3n) is 5.27. The van der Waals surface area contributed by atoms with E-state index in [0.29, 0.717) is 12.0 Å². The van der Waals surface area contributed by atoms with Gasteiger partial charge in [-0.05, 0) is 18.1 Å². The fraction of sp³-hybridized carbons (Fsp3) is 0.421. The maximum atomic E-state index is 12.4. The maximum absolute atomic E-state index is 12.4. The molecule has 4 rings (SSSR count). The summed E-state index contributed by atoms with van der Waals surface area (Å²) >= 11 is 0. The molecule has 0 saturated carbocycles. The highest BCUT2D eigenvalue weighted by Gasteiger charge is 2.36. The summed E-state index contributed by atoms with van der Waals surface area (Å²) in [4.78, 5) is 32.4. The third-order valence-corrected chi connectivity index (χ3v) is 5.27. The van der Waals surface area contributed by atoms with Crippen LogP contribution in [0.4, 0.5) is 0 Å². The summed E-state index contributed by atoms with van der Waals surface area (Å²) in [7, 11) is 0. The van der Waals surface area contributed by atoms with Crippen molar-refractivity contribution in [3.63, 3.8) is 0 Å². The Hall–Kier alpha value is -3.09. The number of nitrogens with two attached hydrogens (primary N) is 1. The Balaban J connectivity index is 0.00000272. The fourth-order valence-corrected chi connectivity index (χ4v) is 3.65. The normalized spacial score (nSPS) is 18.1. The van der Waals surface area contributed by atoms with Gasteiger partial charge in [0.15, 0.2) is 0 Å². The van der Waals surface area contributed by atoms with E-state index in [9.17, 15) is 24.7 Å². The molecule has 1 atom stereocenters. The van der Waals surface area contributed by atoms with Gasteiger partial charge in [0.2, 0.25) is 5.91 Å². The van der Waals surface area contributed by atoms with Crippen LogP contribution in [0.1, 0.15) is 29.0 Å². The summed E-state index contributed by atoms with van der Waals surface area (Å²) in [6.07, 6.45) is 3.22. The third kappa shape index (κ3) is 4.65. The molecular formula is C19H25BN4O7-2. The minimum atomic E-state index is -3.13. The number of aromatic amines is 1. The number of ether oxygens (including phenoxy) is 1. The molecule has 2 aromatic rings. The van der Waals surface area contributed by atoms with Gasteiger partial charge in [0.1, 0.15) is 11.9 Å². The SMILES string of the molecule is C.N[C@H](Cc1cnc[nH]1)C(=O)N1CC(Oc2ccc3c(c2C(=O)[O-])O[B-](O)(O)CC3)C1. The molecule has 1 saturated heterocycles. The van der Waals surface area contributed by atoms with Crippen molar-refractivity contribution in [1.82, 2.24) is 14.9 Å². The number of carboxylic acids is 1. The van der Waals surface area contributed by atoms with Crippen molar-refractivity contribution in [1.29, 1.82) is 0 Å². The van der Waals surface area contributed by atoms with Crippen molar-refractivity contribution >= 4 is 18.6 Å². The minimum absolute atomic E-state index is 0. The van der Waals surface area contributed by atoms with E-state index in [0.717, 1.165) is 5.69 Å². The molecule has 0 bridgehead atoms. The smallest absolute Gasteiger partial charge is 0.430 e. The summed E-state index contributed by atoms with van der Waals surface area (Å²) in [5, 5.41) is 31.2. The zero-order valence-corrected chi connectivity index (χ0v) is 16.0. The van der Waals surface area contributed by atoms with Gasteiger partial charge in [-0.15, -0.1) is 0 Å². The van der Waals surface area contributed by atoms with E-state index < -0.39 is 24.9 Å². The molecule has 0 unspecified atom stereocenters. The molecule has 168 valence electrons. The van der Waals surface area contributed by atoms with E-state index in [2.05, 4.69) is 9.97 Å². The van der Waals surface area contributed by atoms with Gasteiger partial charge in [0, 0.05) is 18.3 Å². The van der Waals surface area contributed by atoms with Crippen LogP contribution in [0.5, 0.6) is 11.5 Å². The summed E-state index contributed by atoms with van der Waals surface area (Å²) in [5.41, 5.74) is 6.86. The Labute approximate surface area is 178 Å². The van der Waals surface area contributed by atoms with Gasteiger partial charge in [-0.1, -0.05) is 19.8 Å². The number of carbonyl (C=O) groups excluding carboxylic acids is 2. The minimum Gasteiger partial charge on any atom is -0.669 e. The molecule has 1 fully saturated rings. The zero-order valence-electron chi connectivity index (χ0n) is 16.0. The Kier molecular flexibility index (Phi) is 6.25. The van der Waals surface area contributed by atoms with Crippen molar-refractivity contribution in [2.45, 2.75) is 38.7 Å². The predicted octanol–water partition coefficient (Wildman–Crippen LogP) is -1.57. The molecule has 5 N–H and O–H groups in total. The van der Waals surface area contributed by atoms with Crippen molar-refractivity contribution in [3.05, 3.63) is 41.5 Å². The van der Waals surface area contributed by atoms with Crippen molar-refractivity contribution in [3.8, 4) is 11.5 Å². The van der Waals surface area contributed by atoms with Gasteiger partial charge in [0.05, 0.1) is 42.7 Å². The highest BCUT2D eigenvalue weighted by molar-refractivity contribution is 6.59. The largest absolute Gasteiger partial charge is 0.669 e. The lowest BCUT2D eigenvalue weighted by Crippen LogP contribution is -2.60. The molecule has 0 spiro atoms. The topological polar surface area (TPSA) is 174 Å². The second-order valence-electron chi connectivity index (χ2n) is 7.60. The number of hydrogen-bond acceptors (Lipinski definition) is 9. The maximum Gasteiger partial charge on any atom is 0.430 e. The van der Waals surface area contributed by atoms with Gasteiger partial charge >= 0.3 is 6.75 Å². The second kappa shape index (κ2) is 8.57. The number of aryl methyl sites for hydroxylation is 1. The van der Waals surface area contributed by atoms with E-state index in [1.807, 2.05) is 0 Å².